The van der Waals surface area contributed by atoms with Gasteiger partial charge in [-0.15, -0.1) is 0 Å². The van der Waals surface area contributed by atoms with Gasteiger partial charge >= 0.3 is 5.97 Å². The Morgan fingerprint density at radius 3 is 2.45 bits per heavy atom. The van der Waals surface area contributed by atoms with Crippen molar-refractivity contribution in [3.8, 4) is 0 Å². The molecule has 1 unspecified atom stereocenters. The monoisotopic (exact) mass is 269 g/mol. The molecule has 0 aliphatic heterocycles. The first-order valence-electron chi connectivity index (χ1n) is 6.75. The molecule has 2 aromatic carbocycles. The van der Waals surface area contributed by atoms with E-state index in [1.807, 2.05) is 30.3 Å². The molecular weight excluding hydrogens is 250 g/mol. The van der Waals surface area contributed by atoms with E-state index >= 15 is 0 Å². The van der Waals surface area contributed by atoms with Crippen LogP contribution < -0.4 is 5.32 Å². The minimum Gasteiger partial charge on any atom is -0.478 e. The standard InChI is InChI=1S/C17H19NO2/c1-13(11-14-7-3-2-4-8-14)18-12-15-9-5-6-10-16(15)17(19)20/h2-10,13,18H,11-12H2,1H3,(H,19,20). The molecule has 3 nitrogen and oxygen atoms in total. The lowest BCUT2D eigenvalue weighted by Gasteiger charge is -2.15. The normalized spacial score (nSPS) is 12.1. The van der Waals surface area contributed by atoms with Crippen LogP contribution in [0.25, 0.3) is 0 Å². The Hall–Kier alpha value is -2.13. The molecule has 0 fully saturated rings. The summed E-state index contributed by atoms with van der Waals surface area (Å²) in [6, 6.07) is 17.7. The highest BCUT2D eigenvalue weighted by atomic mass is 16.4. The Morgan fingerprint density at radius 2 is 1.75 bits per heavy atom. The molecule has 2 N–H and O–H groups in total. The molecule has 0 saturated carbocycles. The lowest BCUT2D eigenvalue weighted by molar-refractivity contribution is 0.0695. The lowest BCUT2D eigenvalue weighted by Crippen LogP contribution is -2.28. The third kappa shape index (κ3) is 3.93. The number of benzene rings is 2. The zero-order valence-corrected chi connectivity index (χ0v) is 11.5. The Bertz CT molecular complexity index is 566. The second kappa shape index (κ2) is 6.87. The molecule has 20 heavy (non-hydrogen) atoms. The molecule has 0 heterocycles. The fourth-order valence-electron chi connectivity index (χ4n) is 2.21. The van der Waals surface area contributed by atoms with Gasteiger partial charge in [0.1, 0.15) is 0 Å². The van der Waals surface area contributed by atoms with E-state index in [-0.39, 0.29) is 0 Å². The van der Waals surface area contributed by atoms with Crippen molar-refractivity contribution in [2.24, 2.45) is 0 Å². The maximum atomic E-state index is 11.1. The zero-order valence-electron chi connectivity index (χ0n) is 11.5. The molecular formula is C17H19NO2. The van der Waals surface area contributed by atoms with E-state index in [9.17, 15) is 4.79 Å². The molecule has 2 aromatic rings. The Labute approximate surface area is 119 Å². The minimum absolute atomic E-state index is 0.291. The van der Waals surface area contributed by atoms with Crippen molar-refractivity contribution in [1.29, 1.82) is 0 Å². The minimum atomic E-state index is -0.877. The third-order valence-electron chi connectivity index (χ3n) is 3.27. The van der Waals surface area contributed by atoms with Crippen LogP contribution in [0.15, 0.2) is 54.6 Å². The quantitative estimate of drug-likeness (QED) is 0.847. The molecule has 0 spiro atoms. The van der Waals surface area contributed by atoms with Crippen LogP contribution in [0.2, 0.25) is 0 Å². The van der Waals surface area contributed by atoms with Crippen LogP contribution in [0.4, 0.5) is 0 Å². The molecule has 3 heteroatoms. The zero-order chi connectivity index (χ0) is 14.4. The van der Waals surface area contributed by atoms with Gasteiger partial charge in [0.2, 0.25) is 0 Å². The maximum Gasteiger partial charge on any atom is 0.336 e. The Morgan fingerprint density at radius 1 is 1.10 bits per heavy atom. The summed E-state index contributed by atoms with van der Waals surface area (Å²) in [6.45, 7) is 2.67. The van der Waals surface area contributed by atoms with Crippen molar-refractivity contribution in [1.82, 2.24) is 5.32 Å². The summed E-state index contributed by atoms with van der Waals surface area (Å²) in [7, 11) is 0. The highest BCUT2D eigenvalue weighted by Gasteiger charge is 2.10. The fourth-order valence-corrected chi connectivity index (χ4v) is 2.21. The van der Waals surface area contributed by atoms with E-state index in [2.05, 4.69) is 24.4 Å². The molecule has 0 saturated heterocycles. The van der Waals surface area contributed by atoms with Crippen LogP contribution in [0.5, 0.6) is 0 Å². The van der Waals surface area contributed by atoms with Crippen LogP contribution in [0, 0.1) is 0 Å². The van der Waals surface area contributed by atoms with Crippen molar-refractivity contribution in [3.05, 3.63) is 71.3 Å². The number of hydrogen-bond acceptors (Lipinski definition) is 2. The van der Waals surface area contributed by atoms with Crippen LogP contribution in [-0.2, 0) is 13.0 Å². The molecule has 1 atom stereocenters. The highest BCUT2D eigenvalue weighted by molar-refractivity contribution is 5.89. The second-order valence-corrected chi connectivity index (χ2v) is 4.93. The predicted octanol–water partition coefficient (Wildman–Crippen LogP) is 3.11. The largest absolute Gasteiger partial charge is 0.478 e. The first-order chi connectivity index (χ1) is 9.66. The number of rotatable bonds is 6. The number of aromatic carboxylic acids is 1. The molecule has 0 aliphatic carbocycles. The smallest absolute Gasteiger partial charge is 0.336 e. The van der Waals surface area contributed by atoms with Gasteiger partial charge in [0, 0.05) is 12.6 Å². The average molecular weight is 269 g/mol. The SMILES string of the molecule is CC(Cc1ccccc1)NCc1ccccc1C(=O)O. The van der Waals surface area contributed by atoms with Crippen LogP contribution in [0.3, 0.4) is 0 Å². The molecule has 0 aliphatic rings. The van der Waals surface area contributed by atoms with E-state index in [1.54, 1.807) is 12.1 Å². The second-order valence-electron chi connectivity index (χ2n) is 4.93. The van der Waals surface area contributed by atoms with Crippen molar-refractivity contribution in [2.45, 2.75) is 25.9 Å². The van der Waals surface area contributed by atoms with E-state index in [0.717, 1.165) is 12.0 Å². The van der Waals surface area contributed by atoms with Crippen molar-refractivity contribution in [2.75, 3.05) is 0 Å². The van der Waals surface area contributed by atoms with Crippen LogP contribution >= 0.6 is 0 Å². The van der Waals surface area contributed by atoms with Gasteiger partial charge in [0.15, 0.2) is 0 Å². The van der Waals surface area contributed by atoms with Crippen molar-refractivity contribution < 1.29 is 9.90 Å². The van der Waals surface area contributed by atoms with Gasteiger partial charge in [-0.3, -0.25) is 0 Å². The number of nitrogens with one attached hydrogen (secondary N) is 1. The molecule has 0 amide bonds. The Balaban J connectivity index is 1.94. The van der Waals surface area contributed by atoms with E-state index in [0.29, 0.717) is 18.2 Å². The summed E-state index contributed by atoms with van der Waals surface area (Å²) in [5.74, 6) is -0.877. The molecule has 104 valence electrons. The summed E-state index contributed by atoms with van der Waals surface area (Å²) in [6.07, 6.45) is 0.927. The van der Waals surface area contributed by atoms with Gasteiger partial charge < -0.3 is 10.4 Å². The van der Waals surface area contributed by atoms with Gasteiger partial charge in [0.25, 0.3) is 0 Å². The van der Waals surface area contributed by atoms with Gasteiger partial charge in [-0.1, -0.05) is 48.5 Å². The molecule has 0 aromatic heterocycles. The predicted molar refractivity (Wildman–Crippen MR) is 79.8 cm³/mol. The summed E-state index contributed by atoms with van der Waals surface area (Å²) in [5, 5.41) is 12.5. The molecule has 0 radical (unpaired) electrons. The first-order valence-corrected chi connectivity index (χ1v) is 6.75. The van der Waals surface area contributed by atoms with Gasteiger partial charge in [0.05, 0.1) is 5.56 Å². The first kappa shape index (κ1) is 14.3. The van der Waals surface area contributed by atoms with Crippen molar-refractivity contribution >= 4 is 5.97 Å². The average Bonchev–Trinajstić information content (AvgIpc) is 2.46. The highest BCUT2D eigenvalue weighted by Crippen LogP contribution is 2.09. The van der Waals surface area contributed by atoms with Crippen LogP contribution in [-0.4, -0.2) is 17.1 Å². The van der Waals surface area contributed by atoms with E-state index in [1.165, 1.54) is 5.56 Å². The summed E-state index contributed by atoms with van der Waals surface area (Å²) < 4.78 is 0. The fraction of sp³-hybridized carbons (Fsp3) is 0.235. The molecule has 0 bridgehead atoms. The molecule has 2 rings (SSSR count). The summed E-state index contributed by atoms with van der Waals surface area (Å²) in [4.78, 5) is 11.1. The van der Waals surface area contributed by atoms with Crippen LogP contribution in [0.1, 0.15) is 28.4 Å². The lowest BCUT2D eigenvalue weighted by atomic mass is 10.1. The maximum absolute atomic E-state index is 11.1. The van der Waals surface area contributed by atoms with Gasteiger partial charge in [-0.25, -0.2) is 4.79 Å². The van der Waals surface area contributed by atoms with E-state index in [4.69, 9.17) is 5.11 Å². The third-order valence-corrected chi connectivity index (χ3v) is 3.27. The van der Waals surface area contributed by atoms with E-state index < -0.39 is 5.97 Å². The number of carboxylic acid groups (broad SMARTS) is 1. The number of carboxylic acids is 1. The number of carbonyl (C=O) groups is 1. The van der Waals surface area contributed by atoms with Gasteiger partial charge in [-0.2, -0.15) is 0 Å². The summed E-state index contributed by atoms with van der Waals surface area (Å²) in [5.41, 5.74) is 2.46. The topological polar surface area (TPSA) is 49.3 Å². The number of hydrogen-bond donors (Lipinski definition) is 2. The Kier molecular flexibility index (Phi) is 4.91. The van der Waals surface area contributed by atoms with Crippen molar-refractivity contribution in [3.63, 3.8) is 0 Å². The summed E-state index contributed by atoms with van der Waals surface area (Å²) >= 11 is 0. The van der Waals surface area contributed by atoms with Gasteiger partial charge in [-0.05, 0) is 30.5 Å².